The second kappa shape index (κ2) is 6.05. The number of nitrogens with zero attached hydrogens (tertiary/aromatic N) is 3. The Bertz CT molecular complexity index is 361. The molecule has 1 aliphatic heterocycles. The molecule has 0 bridgehead atoms. The Morgan fingerprint density at radius 3 is 3.18 bits per heavy atom. The molecule has 2 heterocycles. The molecule has 0 spiro atoms. The second-order valence-corrected chi connectivity index (χ2v) is 4.43. The monoisotopic (exact) mass is 255 g/mol. The highest BCUT2D eigenvalue weighted by atomic mass is 35.5. The quantitative estimate of drug-likeness (QED) is 0.775. The van der Waals surface area contributed by atoms with Crippen molar-refractivity contribution in [3.63, 3.8) is 0 Å². The van der Waals surface area contributed by atoms with E-state index in [0.29, 0.717) is 24.4 Å². The Morgan fingerprint density at radius 2 is 2.41 bits per heavy atom. The van der Waals surface area contributed by atoms with Crippen LogP contribution in [0.3, 0.4) is 0 Å². The largest absolute Gasteiger partial charge is 0.478 e. The number of rotatable bonds is 4. The van der Waals surface area contributed by atoms with Crippen LogP contribution in [0.5, 0.6) is 5.88 Å². The molecule has 17 heavy (non-hydrogen) atoms. The van der Waals surface area contributed by atoms with Gasteiger partial charge in [0.15, 0.2) is 0 Å². The van der Waals surface area contributed by atoms with Crippen molar-refractivity contribution in [2.24, 2.45) is 0 Å². The minimum Gasteiger partial charge on any atom is -0.478 e. The fourth-order valence-electron chi connectivity index (χ4n) is 2.12. The van der Waals surface area contributed by atoms with E-state index in [1.807, 2.05) is 6.92 Å². The summed E-state index contributed by atoms with van der Waals surface area (Å²) in [5.41, 5.74) is 0. The van der Waals surface area contributed by atoms with E-state index < -0.39 is 0 Å². The zero-order valence-electron chi connectivity index (χ0n) is 10.1. The van der Waals surface area contributed by atoms with Crippen molar-refractivity contribution in [1.29, 1.82) is 0 Å². The first-order valence-electron chi connectivity index (χ1n) is 6.13. The lowest BCUT2D eigenvalue weighted by molar-refractivity contribution is 0.325. The number of hydrogen-bond acceptors (Lipinski definition) is 4. The molecule has 0 amide bonds. The predicted molar refractivity (Wildman–Crippen MR) is 68.9 cm³/mol. The molecule has 1 saturated heterocycles. The fraction of sp³-hybridized carbons (Fsp3) is 0.667. The summed E-state index contributed by atoms with van der Waals surface area (Å²) in [4.78, 5) is 10.9. The molecule has 1 unspecified atom stereocenters. The van der Waals surface area contributed by atoms with Gasteiger partial charge in [0, 0.05) is 30.7 Å². The van der Waals surface area contributed by atoms with E-state index in [1.165, 1.54) is 12.8 Å². The van der Waals surface area contributed by atoms with Crippen molar-refractivity contribution in [2.45, 2.75) is 32.2 Å². The smallest absolute Gasteiger partial charge is 0.228 e. The highest BCUT2D eigenvalue weighted by molar-refractivity contribution is 6.18. The molecule has 5 heteroatoms. The molecular formula is C12H18ClN3O. The highest BCUT2D eigenvalue weighted by Crippen LogP contribution is 2.23. The van der Waals surface area contributed by atoms with Crippen LogP contribution < -0.4 is 9.64 Å². The lowest BCUT2D eigenvalue weighted by Gasteiger charge is -2.34. The van der Waals surface area contributed by atoms with Gasteiger partial charge in [0.1, 0.15) is 0 Å². The van der Waals surface area contributed by atoms with Crippen LogP contribution in [0.15, 0.2) is 12.3 Å². The Morgan fingerprint density at radius 1 is 1.53 bits per heavy atom. The van der Waals surface area contributed by atoms with Crippen LogP contribution >= 0.6 is 11.6 Å². The molecule has 4 nitrogen and oxygen atoms in total. The third-order valence-electron chi connectivity index (χ3n) is 2.97. The van der Waals surface area contributed by atoms with Crippen LogP contribution in [0.4, 0.5) is 5.95 Å². The normalized spacial score (nSPS) is 20.4. The zero-order valence-corrected chi connectivity index (χ0v) is 10.9. The Labute approximate surface area is 107 Å². The van der Waals surface area contributed by atoms with Crippen LogP contribution in [0, 0.1) is 0 Å². The second-order valence-electron chi connectivity index (χ2n) is 4.13. The van der Waals surface area contributed by atoms with E-state index in [4.69, 9.17) is 16.3 Å². The molecule has 1 aromatic rings. The van der Waals surface area contributed by atoms with Crippen LogP contribution in [-0.2, 0) is 0 Å². The van der Waals surface area contributed by atoms with Gasteiger partial charge < -0.3 is 9.64 Å². The maximum absolute atomic E-state index is 6.00. The van der Waals surface area contributed by atoms with E-state index in [1.54, 1.807) is 12.3 Å². The van der Waals surface area contributed by atoms with Crippen LogP contribution in [0.1, 0.15) is 26.2 Å². The number of alkyl halides is 1. The SMILES string of the molecule is CCOc1ccnc(N2CCCCC2CCl)n1. The van der Waals surface area contributed by atoms with Crippen LogP contribution in [-0.4, -0.2) is 35.0 Å². The van der Waals surface area contributed by atoms with Gasteiger partial charge in [-0.15, -0.1) is 11.6 Å². The minimum absolute atomic E-state index is 0.349. The lowest BCUT2D eigenvalue weighted by Crippen LogP contribution is -2.41. The molecule has 0 radical (unpaired) electrons. The summed E-state index contributed by atoms with van der Waals surface area (Å²) in [6.07, 6.45) is 5.27. The Balaban J connectivity index is 2.16. The summed E-state index contributed by atoms with van der Waals surface area (Å²) in [5, 5.41) is 0. The molecule has 0 saturated carbocycles. The molecule has 0 N–H and O–H groups in total. The number of halogens is 1. The average Bonchev–Trinajstić information content (AvgIpc) is 2.39. The van der Waals surface area contributed by atoms with Crippen LogP contribution in [0.2, 0.25) is 0 Å². The minimum atomic E-state index is 0.349. The van der Waals surface area contributed by atoms with Gasteiger partial charge in [-0.25, -0.2) is 4.98 Å². The van der Waals surface area contributed by atoms with Crippen molar-refractivity contribution in [2.75, 3.05) is 23.9 Å². The summed E-state index contributed by atoms with van der Waals surface area (Å²) in [7, 11) is 0. The van der Waals surface area contributed by atoms with Gasteiger partial charge in [-0.1, -0.05) is 0 Å². The topological polar surface area (TPSA) is 38.2 Å². The number of anilines is 1. The van der Waals surface area contributed by atoms with Gasteiger partial charge in [-0.2, -0.15) is 4.98 Å². The molecule has 1 atom stereocenters. The first-order valence-corrected chi connectivity index (χ1v) is 6.67. The molecule has 94 valence electrons. The van der Waals surface area contributed by atoms with Crippen LogP contribution in [0.25, 0.3) is 0 Å². The first-order chi connectivity index (χ1) is 8.35. The van der Waals surface area contributed by atoms with Gasteiger partial charge in [-0.3, -0.25) is 0 Å². The predicted octanol–water partition coefficient (Wildman–Crippen LogP) is 2.47. The summed E-state index contributed by atoms with van der Waals surface area (Å²) in [5.74, 6) is 2.00. The van der Waals surface area contributed by atoms with Crippen molar-refractivity contribution < 1.29 is 4.74 Å². The number of ether oxygens (including phenoxy) is 1. The van der Waals surface area contributed by atoms with Gasteiger partial charge in [0.05, 0.1) is 6.61 Å². The lowest BCUT2D eigenvalue weighted by atomic mass is 10.0. The fourth-order valence-corrected chi connectivity index (χ4v) is 2.44. The molecule has 0 aliphatic carbocycles. The summed E-state index contributed by atoms with van der Waals surface area (Å²) in [6, 6.07) is 2.13. The third-order valence-corrected chi connectivity index (χ3v) is 3.33. The Kier molecular flexibility index (Phi) is 4.42. The van der Waals surface area contributed by atoms with E-state index in [0.717, 1.165) is 18.9 Å². The van der Waals surface area contributed by atoms with Gasteiger partial charge in [0.25, 0.3) is 0 Å². The van der Waals surface area contributed by atoms with Gasteiger partial charge >= 0.3 is 0 Å². The third kappa shape index (κ3) is 3.00. The summed E-state index contributed by atoms with van der Waals surface area (Å²) >= 11 is 6.00. The van der Waals surface area contributed by atoms with E-state index in [-0.39, 0.29) is 0 Å². The molecule has 2 rings (SSSR count). The summed E-state index contributed by atoms with van der Waals surface area (Å²) < 4.78 is 5.40. The van der Waals surface area contributed by atoms with E-state index >= 15 is 0 Å². The molecule has 0 aromatic carbocycles. The maximum atomic E-state index is 6.00. The standard InChI is InChI=1S/C12H18ClN3O/c1-2-17-11-6-7-14-12(15-11)16-8-4-3-5-10(16)9-13/h6-7,10H,2-5,8-9H2,1H3. The van der Waals surface area contributed by atoms with Gasteiger partial charge in [0.2, 0.25) is 11.8 Å². The van der Waals surface area contributed by atoms with Crippen molar-refractivity contribution in [1.82, 2.24) is 9.97 Å². The van der Waals surface area contributed by atoms with Crippen molar-refractivity contribution in [3.8, 4) is 5.88 Å². The van der Waals surface area contributed by atoms with E-state index in [2.05, 4.69) is 14.9 Å². The molecule has 1 aromatic heterocycles. The molecular weight excluding hydrogens is 238 g/mol. The van der Waals surface area contributed by atoms with Gasteiger partial charge in [-0.05, 0) is 26.2 Å². The maximum Gasteiger partial charge on any atom is 0.228 e. The number of piperidine rings is 1. The van der Waals surface area contributed by atoms with E-state index in [9.17, 15) is 0 Å². The average molecular weight is 256 g/mol. The number of hydrogen-bond donors (Lipinski definition) is 0. The zero-order chi connectivity index (χ0) is 12.1. The highest BCUT2D eigenvalue weighted by Gasteiger charge is 2.23. The van der Waals surface area contributed by atoms with Crippen molar-refractivity contribution >= 4 is 17.5 Å². The molecule has 1 aliphatic rings. The molecule has 1 fully saturated rings. The number of aromatic nitrogens is 2. The first kappa shape index (κ1) is 12.4. The Hall–Kier alpha value is -1.03. The summed E-state index contributed by atoms with van der Waals surface area (Å²) in [6.45, 7) is 3.55. The van der Waals surface area contributed by atoms with Crippen molar-refractivity contribution in [3.05, 3.63) is 12.3 Å².